The number of nitrogens with one attached hydrogen (secondary N) is 1. The van der Waals surface area contributed by atoms with Crippen molar-refractivity contribution in [2.75, 3.05) is 26.9 Å². The Kier molecular flexibility index (Phi) is 6.74. The van der Waals surface area contributed by atoms with Gasteiger partial charge in [0.25, 0.3) is 0 Å². The van der Waals surface area contributed by atoms with Crippen LogP contribution in [-0.4, -0.2) is 38.0 Å². The van der Waals surface area contributed by atoms with E-state index in [0.29, 0.717) is 31.1 Å². The van der Waals surface area contributed by atoms with Crippen LogP contribution in [0.3, 0.4) is 0 Å². The average Bonchev–Trinajstić information content (AvgIpc) is 2.35. The summed E-state index contributed by atoms with van der Waals surface area (Å²) in [7, 11) is 1.60. The molecule has 0 aliphatic heterocycles. The molecule has 1 heterocycles. The van der Waals surface area contributed by atoms with Gasteiger partial charge in [0.1, 0.15) is 5.75 Å². The van der Waals surface area contributed by atoms with Crippen molar-refractivity contribution >= 4 is 0 Å². The van der Waals surface area contributed by atoms with Crippen molar-refractivity contribution in [2.45, 2.75) is 26.1 Å². The van der Waals surface area contributed by atoms with E-state index >= 15 is 0 Å². The molecule has 0 aliphatic carbocycles. The molecule has 0 atom stereocenters. The van der Waals surface area contributed by atoms with Gasteiger partial charge in [-0.1, -0.05) is 0 Å². The summed E-state index contributed by atoms with van der Waals surface area (Å²) in [5.74, 6) is 0.379. The van der Waals surface area contributed by atoms with Crippen LogP contribution < -0.4 is 10.1 Å². The number of nitrogens with zero attached hydrogens (tertiary/aromatic N) is 1. The zero-order valence-electron chi connectivity index (χ0n) is 11.6. The van der Waals surface area contributed by atoms with Crippen molar-refractivity contribution in [1.82, 2.24) is 10.3 Å². The predicted octanol–water partition coefficient (Wildman–Crippen LogP) is 2.46. The van der Waals surface area contributed by atoms with Gasteiger partial charge in [0, 0.05) is 25.9 Å². The molecule has 1 rings (SSSR count). The number of pyridine rings is 1. The number of methoxy groups -OCH3 is 1. The highest BCUT2D eigenvalue weighted by Crippen LogP contribution is 2.22. The number of halogens is 3. The van der Waals surface area contributed by atoms with E-state index in [1.807, 2.05) is 6.92 Å². The van der Waals surface area contributed by atoms with Gasteiger partial charge in [-0.05, 0) is 19.1 Å². The van der Waals surface area contributed by atoms with Gasteiger partial charge in [0.15, 0.2) is 0 Å². The molecule has 0 spiro atoms. The van der Waals surface area contributed by atoms with Crippen LogP contribution >= 0.6 is 0 Å². The Morgan fingerprint density at radius 3 is 2.65 bits per heavy atom. The van der Waals surface area contributed by atoms with Crippen LogP contribution in [0.5, 0.6) is 5.75 Å². The minimum Gasteiger partial charge on any atom is -0.491 e. The summed E-state index contributed by atoms with van der Waals surface area (Å²) in [6.07, 6.45) is -5.19. The van der Waals surface area contributed by atoms with E-state index < -0.39 is 19.2 Å². The normalized spacial score (nSPS) is 11.7. The number of rotatable bonds is 8. The molecule has 0 amide bonds. The Hall–Kier alpha value is -1.34. The predicted molar refractivity (Wildman–Crippen MR) is 68.7 cm³/mol. The Morgan fingerprint density at radius 2 is 2.00 bits per heavy atom. The smallest absolute Gasteiger partial charge is 0.392 e. The Balaban J connectivity index is 2.55. The zero-order valence-corrected chi connectivity index (χ0v) is 11.6. The molecule has 1 N–H and O–H groups in total. The lowest BCUT2D eigenvalue weighted by atomic mass is 10.2. The molecule has 0 bridgehead atoms. The molecule has 4 nitrogen and oxygen atoms in total. The maximum atomic E-state index is 12.1. The molecule has 0 radical (unpaired) electrons. The largest absolute Gasteiger partial charge is 0.491 e. The monoisotopic (exact) mass is 292 g/mol. The van der Waals surface area contributed by atoms with E-state index in [0.717, 1.165) is 5.69 Å². The second-order valence-corrected chi connectivity index (χ2v) is 4.28. The van der Waals surface area contributed by atoms with E-state index in [2.05, 4.69) is 10.3 Å². The second-order valence-electron chi connectivity index (χ2n) is 4.28. The van der Waals surface area contributed by atoms with Crippen LogP contribution in [0.2, 0.25) is 0 Å². The molecule has 1 aromatic heterocycles. The molecule has 0 fully saturated rings. The van der Waals surface area contributed by atoms with Crippen molar-refractivity contribution in [3.8, 4) is 5.75 Å². The molecule has 114 valence electrons. The summed E-state index contributed by atoms with van der Waals surface area (Å²) in [5.41, 5.74) is 1.39. The number of hydrogen-bond donors (Lipinski definition) is 1. The Labute approximate surface area is 116 Å². The lowest BCUT2D eigenvalue weighted by Crippen LogP contribution is -2.20. The molecule has 0 unspecified atom stereocenters. The van der Waals surface area contributed by atoms with Crippen molar-refractivity contribution in [3.05, 3.63) is 23.5 Å². The van der Waals surface area contributed by atoms with Gasteiger partial charge in [-0.2, -0.15) is 13.2 Å². The average molecular weight is 292 g/mol. The first-order chi connectivity index (χ1) is 9.42. The highest BCUT2D eigenvalue weighted by Gasteiger charge is 2.27. The van der Waals surface area contributed by atoms with Crippen LogP contribution in [0.1, 0.15) is 17.8 Å². The van der Waals surface area contributed by atoms with Crippen molar-refractivity contribution in [3.63, 3.8) is 0 Å². The highest BCUT2D eigenvalue weighted by atomic mass is 19.4. The third-order valence-electron chi connectivity index (χ3n) is 2.49. The van der Waals surface area contributed by atoms with Crippen molar-refractivity contribution in [1.29, 1.82) is 0 Å². The zero-order chi connectivity index (χ0) is 15.0. The van der Waals surface area contributed by atoms with Gasteiger partial charge in [0.2, 0.25) is 0 Å². The van der Waals surface area contributed by atoms with Gasteiger partial charge < -0.3 is 14.8 Å². The fraction of sp³-hybridized carbons (Fsp3) is 0.615. The summed E-state index contributed by atoms with van der Waals surface area (Å²) >= 11 is 0. The van der Waals surface area contributed by atoms with E-state index in [-0.39, 0.29) is 0 Å². The van der Waals surface area contributed by atoms with Gasteiger partial charge in [-0.15, -0.1) is 0 Å². The minimum absolute atomic E-state index is 0.379. The third-order valence-corrected chi connectivity index (χ3v) is 2.49. The first-order valence-electron chi connectivity index (χ1n) is 6.28. The maximum absolute atomic E-state index is 12.1. The lowest BCUT2D eigenvalue weighted by Gasteiger charge is -2.13. The van der Waals surface area contributed by atoms with E-state index in [1.54, 1.807) is 19.2 Å². The lowest BCUT2D eigenvalue weighted by molar-refractivity contribution is -0.139. The van der Waals surface area contributed by atoms with Gasteiger partial charge in [-0.25, -0.2) is 0 Å². The fourth-order valence-corrected chi connectivity index (χ4v) is 1.51. The van der Waals surface area contributed by atoms with Crippen LogP contribution in [0, 0.1) is 6.92 Å². The molecule has 0 saturated heterocycles. The van der Waals surface area contributed by atoms with Crippen molar-refractivity contribution < 1.29 is 22.6 Å². The van der Waals surface area contributed by atoms with Crippen LogP contribution in [0.25, 0.3) is 0 Å². The standard InChI is InChI=1S/C13H19F3N2O2/c1-10-3-4-12(20-7-5-13(14,15)16)11(18-10)9-17-6-8-19-2/h3-4,17H,5-9H2,1-2H3. The van der Waals surface area contributed by atoms with Gasteiger partial charge >= 0.3 is 6.18 Å². The van der Waals surface area contributed by atoms with Crippen LogP contribution in [0.4, 0.5) is 13.2 Å². The van der Waals surface area contributed by atoms with E-state index in [4.69, 9.17) is 9.47 Å². The topological polar surface area (TPSA) is 43.4 Å². The number of aromatic nitrogens is 1. The molecule has 0 saturated carbocycles. The Morgan fingerprint density at radius 1 is 1.25 bits per heavy atom. The van der Waals surface area contributed by atoms with Gasteiger partial charge in [0.05, 0.1) is 25.3 Å². The third kappa shape index (κ3) is 6.72. The molecular weight excluding hydrogens is 273 g/mol. The van der Waals surface area contributed by atoms with E-state index in [1.165, 1.54) is 0 Å². The summed E-state index contributed by atoms with van der Waals surface area (Å²) in [6.45, 7) is 3.02. The molecular formula is C13H19F3N2O2. The molecule has 1 aromatic rings. The Bertz CT molecular complexity index is 411. The summed E-state index contributed by atoms with van der Waals surface area (Å²) < 4.78 is 46.3. The first-order valence-corrected chi connectivity index (χ1v) is 6.28. The van der Waals surface area contributed by atoms with Crippen LogP contribution in [-0.2, 0) is 11.3 Å². The van der Waals surface area contributed by atoms with Crippen molar-refractivity contribution in [2.24, 2.45) is 0 Å². The summed E-state index contributed by atoms with van der Waals surface area (Å²) in [4.78, 5) is 4.28. The second kappa shape index (κ2) is 8.06. The molecule has 20 heavy (non-hydrogen) atoms. The van der Waals surface area contributed by atoms with E-state index in [9.17, 15) is 13.2 Å². The molecule has 0 aliphatic rings. The maximum Gasteiger partial charge on any atom is 0.392 e. The molecule has 7 heteroatoms. The number of alkyl halides is 3. The minimum atomic E-state index is -4.21. The summed E-state index contributed by atoms with van der Waals surface area (Å²) in [6, 6.07) is 3.35. The van der Waals surface area contributed by atoms with Crippen LogP contribution in [0.15, 0.2) is 12.1 Å². The fourth-order valence-electron chi connectivity index (χ4n) is 1.51. The SMILES string of the molecule is COCCNCc1nc(C)ccc1OCCC(F)(F)F. The molecule has 0 aromatic carbocycles. The van der Waals surface area contributed by atoms with Gasteiger partial charge in [-0.3, -0.25) is 4.98 Å². The number of ether oxygens (including phenoxy) is 2. The number of aryl methyl sites for hydroxylation is 1. The highest BCUT2D eigenvalue weighted by molar-refractivity contribution is 5.29. The quantitative estimate of drug-likeness (QED) is 0.748. The first kappa shape index (κ1) is 16.7. The number of hydrogen-bond acceptors (Lipinski definition) is 4. The summed E-state index contributed by atoms with van der Waals surface area (Å²) in [5, 5.41) is 3.09.